The van der Waals surface area contributed by atoms with Gasteiger partial charge in [0.05, 0.1) is 6.04 Å². The van der Waals surface area contributed by atoms with Crippen LogP contribution in [0.2, 0.25) is 0 Å². The summed E-state index contributed by atoms with van der Waals surface area (Å²) in [5, 5.41) is 0. The second kappa shape index (κ2) is 7.92. The summed E-state index contributed by atoms with van der Waals surface area (Å²) in [4.78, 5) is 17.3. The Hall–Kier alpha value is -1.30. The van der Waals surface area contributed by atoms with Crippen LogP contribution in [0.25, 0.3) is 0 Å². The zero-order chi connectivity index (χ0) is 12.6. The quantitative estimate of drug-likeness (QED) is 0.302. The molecule has 6 N–H and O–H groups in total. The molecule has 0 aromatic heterocycles. The van der Waals surface area contributed by atoms with Crippen LogP contribution in [0, 0.1) is 0 Å². The largest absolute Gasteiger partial charge is 0.370 e. The summed E-state index contributed by atoms with van der Waals surface area (Å²) in [6.07, 6.45) is 1.32. The van der Waals surface area contributed by atoms with Crippen molar-refractivity contribution >= 4 is 11.9 Å². The number of guanidine groups is 1. The van der Waals surface area contributed by atoms with E-state index < -0.39 is 6.04 Å². The first-order valence-corrected chi connectivity index (χ1v) is 5.62. The molecule has 6 nitrogen and oxygen atoms in total. The number of amides is 1. The molecule has 0 aliphatic heterocycles. The van der Waals surface area contributed by atoms with Gasteiger partial charge in [0.15, 0.2) is 5.96 Å². The van der Waals surface area contributed by atoms with Crippen molar-refractivity contribution in [2.45, 2.75) is 32.7 Å². The maximum absolute atomic E-state index is 11.7. The van der Waals surface area contributed by atoms with Crippen LogP contribution in [0.3, 0.4) is 0 Å². The lowest BCUT2D eigenvalue weighted by atomic mass is 10.1. The molecule has 0 radical (unpaired) electrons. The van der Waals surface area contributed by atoms with Crippen LogP contribution < -0.4 is 17.2 Å². The summed E-state index contributed by atoms with van der Waals surface area (Å²) >= 11 is 0. The lowest BCUT2D eigenvalue weighted by molar-refractivity contribution is -0.132. The first kappa shape index (κ1) is 14.7. The molecule has 0 fully saturated rings. The van der Waals surface area contributed by atoms with E-state index in [4.69, 9.17) is 17.2 Å². The summed E-state index contributed by atoms with van der Waals surface area (Å²) in [6, 6.07) is -0.450. The predicted molar refractivity (Wildman–Crippen MR) is 65.8 cm³/mol. The summed E-state index contributed by atoms with van der Waals surface area (Å²) in [5.74, 6) is 0.0679. The van der Waals surface area contributed by atoms with Gasteiger partial charge in [-0.1, -0.05) is 0 Å². The molecule has 1 amide bonds. The zero-order valence-corrected chi connectivity index (χ0v) is 10.1. The van der Waals surface area contributed by atoms with E-state index in [0.717, 1.165) is 0 Å². The van der Waals surface area contributed by atoms with Crippen molar-refractivity contribution in [2.75, 3.05) is 19.6 Å². The highest BCUT2D eigenvalue weighted by Crippen LogP contribution is 2.00. The molecule has 0 rings (SSSR count). The molecular formula is C10H23N5O. The number of nitrogens with zero attached hydrogens (tertiary/aromatic N) is 2. The third kappa shape index (κ3) is 5.55. The highest BCUT2D eigenvalue weighted by atomic mass is 16.2. The molecule has 0 aromatic rings. The van der Waals surface area contributed by atoms with Gasteiger partial charge in [-0.05, 0) is 26.7 Å². The van der Waals surface area contributed by atoms with Crippen molar-refractivity contribution in [2.24, 2.45) is 22.2 Å². The second-order valence-electron chi connectivity index (χ2n) is 3.57. The first-order chi connectivity index (χ1) is 7.52. The van der Waals surface area contributed by atoms with Crippen molar-refractivity contribution in [3.05, 3.63) is 0 Å². The van der Waals surface area contributed by atoms with Gasteiger partial charge >= 0.3 is 0 Å². The third-order valence-electron chi connectivity index (χ3n) is 2.36. The number of hydrogen-bond donors (Lipinski definition) is 3. The van der Waals surface area contributed by atoms with E-state index in [-0.39, 0.29) is 11.9 Å². The molecule has 0 heterocycles. The van der Waals surface area contributed by atoms with E-state index in [9.17, 15) is 4.79 Å². The van der Waals surface area contributed by atoms with Gasteiger partial charge in [-0.25, -0.2) is 0 Å². The molecule has 6 heteroatoms. The summed E-state index contributed by atoms with van der Waals surface area (Å²) < 4.78 is 0. The number of nitrogens with two attached hydrogens (primary N) is 3. The molecular weight excluding hydrogens is 206 g/mol. The molecule has 0 aromatic carbocycles. The second-order valence-corrected chi connectivity index (χ2v) is 3.57. The fourth-order valence-electron chi connectivity index (χ4n) is 1.41. The fourth-order valence-corrected chi connectivity index (χ4v) is 1.41. The average molecular weight is 229 g/mol. The van der Waals surface area contributed by atoms with Crippen molar-refractivity contribution in [1.29, 1.82) is 0 Å². The van der Waals surface area contributed by atoms with Crippen LogP contribution >= 0.6 is 0 Å². The lowest BCUT2D eigenvalue weighted by Crippen LogP contribution is -2.43. The van der Waals surface area contributed by atoms with Crippen LogP contribution in [-0.4, -0.2) is 42.4 Å². The first-order valence-electron chi connectivity index (χ1n) is 5.62. The lowest BCUT2D eigenvalue weighted by Gasteiger charge is -2.22. The third-order valence-corrected chi connectivity index (χ3v) is 2.36. The average Bonchev–Trinajstić information content (AvgIpc) is 2.25. The minimum atomic E-state index is -0.450. The zero-order valence-electron chi connectivity index (χ0n) is 10.1. The molecule has 1 unspecified atom stereocenters. The van der Waals surface area contributed by atoms with Crippen molar-refractivity contribution in [3.8, 4) is 0 Å². The Morgan fingerprint density at radius 3 is 2.31 bits per heavy atom. The van der Waals surface area contributed by atoms with Crippen LogP contribution in [0.5, 0.6) is 0 Å². The van der Waals surface area contributed by atoms with Crippen molar-refractivity contribution < 1.29 is 4.79 Å². The number of aliphatic imine (C=N–C) groups is 1. The van der Waals surface area contributed by atoms with Gasteiger partial charge in [-0.15, -0.1) is 0 Å². The summed E-state index contributed by atoms with van der Waals surface area (Å²) in [7, 11) is 0. The van der Waals surface area contributed by atoms with E-state index >= 15 is 0 Å². The van der Waals surface area contributed by atoms with E-state index in [0.29, 0.717) is 32.5 Å². The smallest absolute Gasteiger partial charge is 0.239 e. The van der Waals surface area contributed by atoms with E-state index in [1.54, 1.807) is 4.90 Å². The molecule has 1 atom stereocenters. The molecule has 0 aliphatic rings. The monoisotopic (exact) mass is 229 g/mol. The normalized spacial score (nSPS) is 11.9. The van der Waals surface area contributed by atoms with Crippen LogP contribution in [0.1, 0.15) is 26.7 Å². The standard InChI is InChI=1S/C10H23N5O/c1-3-15(4-2)9(16)8(11)6-5-7-14-10(12)13/h8H,3-7,11H2,1-2H3,(H4,12,13,14). The van der Waals surface area contributed by atoms with E-state index in [2.05, 4.69) is 4.99 Å². The minimum absolute atomic E-state index is 0.00491. The Morgan fingerprint density at radius 1 is 1.31 bits per heavy atom. The molecule has 0 saturated carbocycles. The number of rotatable bonds is 7. The van der Waals surface area contributed by atoms with Crippen molar-refractivity contribution in [1.82, 2.24) is 4.90 Å². The minimum Gasteiger partial charge on any atom is -0.370 e. The molecule has 0 bridgehead atoms. The Bertz CT molecular complexity index is 233. The number of carbonyl (C=O) groups is 1. The van der Waals surface area contributed by atoms with Crippen LogP contribution in [-0.2, 0) is 4.79 Å². The Balaban J connectivity index is 3.92. The van der Waals surface area contributed by atoms with Crippen LogP contribution in [0.15, 0.2) is 4.99 Å². The highest BCUT2D eigenvalue weighted by Gasteiger charge is 2.17. The maximum Gasteiger partial charge on any atom is 0.239 e. The summed E-state index contributed by atoms with van der Waals surface area (Å²) in [5.41, 5.74) is 16.1. The van der Waals surface area contributed by atoms with Gasteiger partial charge < -0.3 is 22.1 Å². The SMILES string of the molecule is CCN(CC)C(=O)C(N)CCCN=C(N)N. The van der Waals surface area contributed by atoms with E-state index in [1.807, 2.05) is 13.8 Å². The van der Waals surface area contributed by atoms with Gasteiger partial charge in [0.1, 0.15) is 0 Å². The molecule has 0 saturated heterocycles. The highest BCUT2D eigenvalue weighted by molar-refractivity contribution is 5.81. The van der Waals surface area contributed by atoms with Gasteiger partial charge in [-0.2, -0.15) is 0 Å². The Kier molecular flexibility index (Phi) is 7.28. The van der Waals surface area contributed by atoms with Gasteiger partial charge in [0.2, 0.25) is 5.91 Å². The number of hydrogen-bond acceptors (Lipinski definition) is 3. The maximum atomic E-state index is 11.7. The molecule has 0 spiro atoms. The summed E-state index contributed by atoms with van der Waals surface area (Å²) in [6.45, 7) is 5.77. The topological polar surface area (TPSA) is 111 Å². The Labute approximate surface area is 96.9 Å². The number of likely N-dealkylation sites (N-methyl/N-ethyl adjacent to an activating group) is 1. The Morgan fingerprint density at radius 2 is 1.88 bits per heavy atom. The molecule has 0 aliphatic carbocycles. The predicted octanol–water partition coefficient (Wildman–Crippen LogP) is -0.764. The fraction of sp³-hybridized carbons (Fsp3) is 0.800. The van der Waals surface area contributed by atoms with Crippen LogP contribution in [0.4, 0.5) is 0 Å². The van der Waals surface area contributed by atoms with Crippen molar-refractivity contribution in [3.63, 3.8) is 0 Å². The van der Waals surface area contributed by atoms with Gasteiger partial charge in [0, 0.05) is 19.6 Å². The molecule has 16 heavy (non-hydrogen) atoms. The number of carbonyl (C=O) groups excluding carboxylic acids is 1. The van der Waals surface area contributed by atoms with Gasteiger partial charge in [-0.3, -0.25) is 9.79 Å². The van der Waals surface area contributed by atoms with Gasteiger partial charge in [0.25, 0.3) is 0 Å². The van der Waals surface area contributed by atoms with E-state index in [1.165, 1.54) is 0 Å². The molecule has 94 valence electrons.